The van der Waals surface area contributed by atoms with E-state index < -0.39 is 5.91 Å². The summed E-state index contributed by atoms with van der Waals surface area (Å²) in [4.78, 5) is 13.6. The summed E-state index contributed by atoms with van der Waals surface area (Å²) in [5, 5.41) is 0. The van der Waals surface area contributed by atoms with Crippen molar-refractivity contribution in [3.05, 3.63) is 23.2 Å². The third-order valence-corrected chi connectivity index (χ3v) is 2.99. The summed E-state index contributed by atoms with van der Waals surface area (Å²) in [5.74, 6) is 5.59. The molecule has 114 valence electrons. The number of furan rings is 1. The van der Waals surface area contributed by atoms with Gasteiger partial charge in [0.2, 0.25) is 0 Å². The lowest BCUT2D eigenvalue weighted by atomic mass is 10.2. The van der Waals surface area contributed by atoms with Gasteiger partial charge < -0.3 is 13.9 Å². The van der Waals surface area contributed by atoms with Gasteiger partial charge in [0.25, 0.3) is 0 Å². The van der Waals surface area contributed by atoms with Gasteiger partial charge in [-0.3, -0.25) is 15.1 Å². The van der Waals surface area contributed by atoms with Gasteiger partial charge in [-0.1, -0.05) is 0 Å². The molecule has 1 aromatic heterocycles. The number of amides is 1. The minimum atomic E-state index is -0.431. The Morgan fingerprint density at radius 3 is 2.45 bits per heavy atom. The smallest absolute Gasteiger partial charge is 0.300 e. The van der Waals surface area contributed by atoms with Crippen LogP contribution in [0.3, 0.4) is 0 Å². The van der Waals surface area contributed by atoms with E-state index in [4.69, 9.17) is 19.7 Å². The molecule has 1 rings (SSSR count). The third-order valence-electron chi connectivity index (χ3n) is 2.99. The fraction of sp³-hybridized carbons (Fsp3) is 0.615. The average Bonchev–Trinajstić information content (AvgIpc) is 2.82. The lowest BCUT2D eigenvalue weighted by Crippen LogP contribution is -2.30. The zero-order chi connectivity index (χ0) is 15.0. The Bertz CT molecular complexity index is 412. The van der Waals surface area contributed by atoms with E-state index in [2.05, 4.69) is 10.3 Å². The maximum Gasteiger partial charge on any atom is 0.300 e. The summed E-state index contributed by atoms with van der Waals surface area (Å²) in [6.07, 6.45) is 0. The first kappa shape index (κ1) is 16.6. The largest absolute Gasteiger partial charge is 0.456 e. The molecule has 1 aromatic rings. The van der Waals surface area contributed by atoms with Crippen molar-refractivity contribution < 1.29 is 18.7 Å². The second-order valence-electron chi connectivity index (χ2n) is 4.43. The molecule has 7 nitrogen and oxygen atoms in total. The minimum absolute atomic E-state index is 0.221. The van der Waals surface area contributed by atoms with Crippen LogP contribution in [0, 0.1) is 6.92 Å². The first-order chi connectivity index (χ1) is 9.62. The maximum atomic E-state index is 11.4. The lowest BCUT2D eigenvalue weighted by molar-refractivity contribution is 0.0924. The minimum Gasteiger partial charge on any atom is -0.456 e. The fourth-order valence-electron chi connectivity index (χ4n) is 1.81. The van der Waals surface area contributed by atoms with Gasteiger partial charge in [-0.15, -0.1) is 0 Å². The summed E-state index contributed by atoms with van der Waals surface area (Å²) >= 11 is 0. The topological polar surface area (TPSA) is 90.0 Å². The number of aryl methyl sites for hydroxylation is 1. The highest BCUT2D eigenvalue weighted by Crippen LogP contribution is 2.16. The second kappa shape index (κ2) is 8.70. The van der Waals surface area contributed by atoms with Crippen molar-refractivity contribution in [2.45, 2.75) is 13.5 Å². The Balaban J connectivity index is 2.71. The number of nitrogen functional groups attached to an aromatic ring is 1. The summed E-state index contributed by atoms with van der Waals surface area (Å²) in [6, 6.07) is 1.71. The summed E-state index contributed by atoms with van der Waals surface area (Å²) < 4.78 is 15.6. The molecule has 0 spiro atoms. The van der Waals surface area contributed by atoms with Gasteiger partial charge in [0.1, 0.15) is 5.76 Å². The zero-order valence-corrected chi connectivity index (χ0v) is 12.3. The molecule has 0 fully saturated rings. The van der Waals surface area contributed by atoms with E-state index in [1.165, 1.54) is 0 Å². The van der Waals surface area contributed by atoms with Crippen LogP contribution in [0.5, 0.6) is 0 Å². The number of nitrogens with two attached hydrogens (primary N) is 1. The first-order valence-electron chi connectivity index (χ1n) is 6.42. The number of rotatable bonds is 9. The number of hydrogen-bond acceptors (Lipinski definition) is 6. The highest BCUT2D eigenvalue weighted by molar-refractivity contribution is 5.91. The number of methoxy groups -OCH3 is 2. The van der Waals surface area contributed by atoms with Crippen molar-refractivity contribution in [2.75, 3.05) is 40.5 Å². The Hall–Kier alpha value is -1.41. The summed E-state index contributed by atoms with van der Waals surface area (Å²) in [7, 11) is 3.34. The highest BCUT2D eigenvalue weighted by atomic mass is 16.5. The Labute approximate surface area is 119 Å². The number of nitrogens with one attached hydrogen (secondary N) is 1. The van der Waals surface area contributed by atoms with Gasteiger partial charge in [0, 0.05) is 39.4 Å². The van der Waals surface area contributed by atoms with Gasteiger partial charge in [0.15, 0.2) is 5.76 Å². The molecule has 1 amide bonds. The SMILES string of the molecule is COCCN(CCOC)Cc1cc(C(=O)NN)oc1C. The van der Waals surface area contributed by atoms with Crippen molar-refractivity contribution in [1.29, 1.82) is 0 Å². The van der Waals surface area contributed by atoms with Crippen LogP contribution in [0.1, 0.15) is 21.9 Å². The Kier molecular flexibility index (Phi) is 7.24. The molecule has 1 heterocycles. The molecule has 0 aromatic carbocycles. The molecular weight excluding hydrogens is 262 g/mol. The molecule has 0 aliphatic carbocycles. The van der Waals surface area contributed by atoms with E-state index in [0.29, 0.717) is 25.5 Å². The standard InChI is InChI=1S/C13H23N3O4/c1-10-11(8-12(20-10)13(17)15-14)9-16(4-6-18-2)5-7-19-3/h8H,4-7,9,14H2,1-3H3,(H,15,17). The highest BCUT2D eigenvalue weighted by Gasteiger charge is 2.15. The number of nitrogens with zero attached hydrogens (tertiary/aromatic N) is 1. The van der Waals surface area contributed by atoms with E-state index in [0.717, 1.165) is 18.7 Å². The van der Waals surface area contributed by atoms with Gasteiger partial charge in [-0.2, -0.15) is 0 Å². The number of hydrogen-bond donors (Lipinski definition) is 2. The zero-order valence-electron chi connectivity index (χ0n) is 12.3. The molecule has 0 unspecified atom stereocenters. The van der Waals surface area contributed by atoms with Crippen molar-refractivity contribution in [1.82, 2.24) is 10.3 Å². The Morgan fingerprint density at radius 1 is 1.35 bits per heavy atom. The summed E-state index contributed by atoms with van der Waals surface area (Å²) in [6.45, 7) is 5.33. The van der Waals surface area contributed by atoms with Gasteiger partial charge in [0.05, 0.1) is 13.2 Å². The summed E-state index contributed by atoms with van der Waals surface area (Å²) in [5.41, 5.74) is 3.01. The average molecular weight is 285 g/mol. The number of carbonyl (C=O) groups is 1. The monoisotopic (exact) mass is 285 g/mol. The molecule has 0 aliphatic rings. The van der Waals surface area contributed by atoms with E-state index in [1.54, 1.807) is 20.3 Å². The molecule has 0 saturated carbocycles. The van der Waals surface area contributed by atoms with Crippen LogP contribution >= 0.6 is 0 Å². The molecule has 0 radical (unpaired) electrons. The number of carbonyl (C=O) groups excluding carboxylic acids is 1. The van der Waals surface area contributed by atoms with Gasteiger partial charge in [-0.25, -0.2) is 5.84 Å². The molecule has 20 heavy (non-hydrogen) atoms. The molecule has 0 saturated heterocycles. The van der Waals surface area contributed by atoms with Crippen LogP contribution < -0.4 is 11.3 Å². The van der Waals surface area contributed by atoms with Crippen LogP contribution in [0.4, 0.5) is 0 Å². The maximum absolute atomic E-state index is 11.4. The van der Waals surface area contributed by atoms with Gasteiger partial charge >= 0.3 is 5.91 Å². The second-order valence-corrected chi connectivity index (χ2v) is 4.43. The quantitative estimate of drug-likeness (QED) is 0.385. The normalized spacial score (nSPS) is 11.1. The van der Waals surface area contributed by atoms with Crippen LogP contribution in [0.2, 0.25) is 0 Å². The molecule has 3 N–H and O–H groups in total. The predicted molar refractivity (Wildman–Crippen MR) is 74.1 cm³/mol. The van der Waals surface area contributed by atoms with E-state index in [-0.39, 0.29) is 5.76 Å². The van der Waals surface area contributed by atoms with Crippen LogP contribution in [-0.2, 0) is 16.0 Å². The van der Waals surface area contributed by atoms with E-state index >= 15 is 0 Å². The lowest BCUT2D eigenvalue weighted by Gasteiger charge is -2.21. The van der Waals surface area contributed by atoms with Crippen molar-refractivity contribution in [2.24, 2.45) is 5.84 Å². The van der Waals surface area contributed by atoms with Crippen LogP contribution in [-0.4, -0.2) is 51.3 Å². The van der Waals surface area contributed by atoms with E-state index in [1.807, 2.05) is 6.92 Å². The fourth-order valence-corrected chi connectivity index (χ4v) is 1.81. The molecular formula is C13H23N3O4. The first-order valence-corrected chi connectivity index (χ1v) is 6.42. The van der Waals surface area contributed by atoms with Crippen molar-refractivity contribution in [3.8, 4) is 0 Å². The van der Waals surface area contributed by atoms with E-state index in [9.17, 15) is 4.79 Å². The number of ether oxygens (including phenoxy) is 2. The molecule has 0 aliphatic heterocycles. The predicted octanol–water partition coefficient (Wildman–Crippen LogP) is 0.286. The number of hydrazine groups is 1. The van der Waals surface area contributed by atoms with Crippen molar-refractivity contribution >= 4 is 5.91 Å². The molecule has 0 atom stereocenters. The van der Waals surface area contributed by atoms with Crippen LogP contribution in [0.15, 0.2) is 10.5 Å². The molecule has 0 bridgehead atoms. The third kappa shape index (κ3) is 4.93. The van der Waals surface area contributed by atoms with Crippen LogP contribution in [0.25, 0.3) is 0 Å². The molecule has 7 heteroatoms. The van der Waals surface area contributed by atoms with Crippen molar-refractivity contribution in [3.63, 3.8) is 0 Å². The van der Waals surface area contributed by atoms with Gasteiger partial charge in [-0.05, 0) is 13.0 Å². The Morgan fingerprint density at radius 2 is 1.95 bits per heavy atom.